The van der Waals surface area contributed by atoms with Gasteiger partial charge in [0.2, 0.25) is 0 Å². The number of imidazole rings is 1. The molecule has 0 aliphatic carbocycles. The van der Waals surface area contributed by atoms with E-state index >= 15 is 0 Å². The van der Waals surface area contributed by atoms with Crippen molar-refractivity contribution < 1.29 is 5.21 Å². The molecule has 5 nitrogen and oxygen atoms in total. The molecular formula is C16H22N4O. The zero-order valence-corrected chi connectivity index (χ0v) is 12.5. The average Bonchev–Trinajstić information content (AvgIpc) is 2.95. The highest BCUT2D eigenvalue weighted by Crippen LogP contribution is 2.24. The lowest BCUT2D eigenvalue weighted by atomic mass is 9.86. The summed E-state index contributed by atoms with van der Waals surface area (Å²) in [6.07, 6.45) is 5.57. The molecule has 2 rings (SSSR count). The summed E-state index contributed by atoms with van der Waals surface area (Å²) >= 11 is 0. The summed E-state index contributed by atoms with van der Waals surface area (Å²) in [7, 11) is 0. The smallest absolute Gasteiger partial charge is 0.144 e. The second kappa shape index (κ2) is 6.43. The first-order valence-corrected chi connectivity index (χ1v) is 7.09. The van der Waals surface area contributed by atoms with Gasteiger partial charge in [-0.25, -0.2) is 4.98 Å². The van der Waals surface area contributed by atoms with E-state index in [1.54, 1.807) is 0 Å². The Kier molecular flexibility index (Phi) is 4.62. The third-order valence-electron chi connectivity index (χ3n) is 3.75. The van der Waals surface area contributed by atoms with Crippen LogP contribution in [0.25, 0.3) is 11.4 Å². The fourth-order valence-electron chi connectivity index (χ4n) is 2.29. The van der Waals surface area contributed by atoms with Gasteiger partial charge in [0.25, 0.3) is 0 Å². The highest BCUT2D eigenvalue weighted by molar-refractivity contribution is 5.85. The molecule has 0 saturated carbocycles. The minimum absolute atomic E-state index is 0.274. The Morgan fingerprint density at radius 1 is 1.33 bits per heavy atom. The molecule has 0 bridgehead atoms. The van der Waals surface area contributed by atoms with E-state index in [2.05, 4.69) is 26.8 Å². The second-order valence-electron chi connectivity index (χ2n) is 5.78. The van der Waals surface area contributed by atoms with Gasteiger partial charge in [-0.2, -0.15) is 0 Å². The van der Waals surface area contributed by atoms with Crippen LogP contribution in [-0.4, -0.2) is 20.6 Å². The van der Waals surface area contributed by atoms with Crippen molar-refractivity contribution in [2.24, 2.45) is 16.3 Å². The minimum Gasteiger partial charge on any atom is -0.409 e. The van der Waals surface area contributed by atoms with E-state index in [0.717, 1.165) is 30.8 Å². The number of benzene rings is 1. The number of nitrogens with zero attached hydrogens (tertiary/aromatic N) is 3. The molecule has 0 aliphatic rings. The molecule has 0 radical (unpaired) electrons. The number of nitrogens with two attached hydrogens (primary N) is 1. The summed E-state index contributed by atoms with van der Waals surface area (Å²) in [5.41, 5.74) is 6.52. The Bertz CT molecular complexity index is 602. The van der Waals surface area contributed by atoms with Crippen molar-refractivity contribution in [3.63, 3.8) is 0 Å². The molecule has 0 aliphatic heterocycles. The molecule has 2 aromatic rings. The van der Waals surface area contributed by atoms with Crippen molar-refractivity contribution in [3.05, 3.63) is 42.7 Å². The van der Waals surface area contributed by atoms with Gasteiger partial charge in [0, 0.05) is 29.9 Å². The summed E-state index contributed by atoms with van der Waals surface area (Å²) in [6, 6.07) is 10.1. The molecular weight excluding hydrogens is 264 g/mol. The molecule has 1 heterocycles. The Hall–Kier alpha value is -2.30. The van der Waals surface area contributed by atoms with Crippen molar-refractivity contribution >= 4 is 5.84 Å². The molecule has 3 N–H and O–H groups in total. The van der Waals surface area contributed by atoms with E-state index in [1.165, 1.54) is 0 Å². The second-order valence-corrected chi connectivity index (χ2v) is 5.78. The van der Waals surface area contributed by atoms with Crippen molar-refractivity contribution in [2.45, 2.75) is 33.2 Å². The topological polar surface area (TPSA) is 76.4 Å². The molecule has 0 fully saturated rings. The van der Waals surface area contributed by atoms with Crippen LogP contribution in [0.1, 0.15) is 26.7 Å². The Balaban J connectivity index is 2.01. The molecule has 1 aromatic carbocycles. The predicted octanol–water partition coefficient (Wildman–Crippen LogP) is 3.10. The first-order chi connectivity index (χ1) is 10.0. The summed E-state index contributed by atoms with van der Waals surface area (Å²) < 4.78 is 2.14. The van der Waals surface area contributed by atoms with Crippen molar-refractivity contribution in [2.75, 3.05) is 0 Å². The summed E-state index contributed by atoms with van der Waals surface area (Å²) in [6.45, 7) is 4.81. The van der Waals surface area contributed by atoms with Gasteiger partial charge in [0.15, 0.2) is 0 Å². The quantitative estimate of drug-likeness (QED) is 0.371. The van der Waals surface area contributed by atoms with E-state index in [4.69, 9.17) is 10.9 Å². The van der Waals surface area contributed by atoms with E-state index in [9.17, 15) is 0 Å². The van der Waals surface area contributed by atoms with E-state index in [0.29, 0.717) is 0 Å². The highest BCUT2D eigenvalue weighted by Gasteiger charge is 2.23. The van der Waals surface area contributed by atoms with Crippen molar-refractivity contribution in [1.82, 2.24) is 9.55 Å². The highest BCUT2D eigenvalue weighted by atomic mass is 16.4. The third-order valence-corrected chi connectivity index (χ3v) is 3.75. The Morgan fingerprint density at radius 2 is 2.05 bits per heavy atom. The Morgan fingerprint density at radius 3 is 2.71 bits per heavy atom. The van der Waals surface area contributed by atoms with Gasteiger partial charge >= 0.3 is 0 Å². The zero-order chi connectivity index (χ0) is 15.3. The van der Waals surface area contributed by atoms with Crippen LogP contribution in [0.2, 0.25) is 0 Å². The normalized spacial score (nSPS) is 12.6. The number of oxime groups is 1. The number of hydrogen-bond donors (Lipinski definition) is 2. The molecule has 112 valence electrons. The molecule has 0 atom stereocenters. The molecule has 1 aromatic heterocycles. The van der Waals surface area contributed by atoms with Gasteiger partial charge in [-0.05, 0) is 12.8 Å². The molecule has 0 spiro atoms. The molecule has 0 unspecified atom stereocenters. The van der Waals surface area contributed by atoms with Crippen molar-refractivity contribution in [3.8, 4) is 11.4 Å². The summed E-state index contributed by atoms with van der Waals surface area (Å²) in [5, 5.41) is 11.9. The monoisotopic (exact) mass is 286 g/mol. The Labute approximate surface area is 125 Å². The first kappa shape index (κ1) is 15.1. The van der Waals surface area contributed by atoms with Crippen LogP contribution >= 0.6 is 0 Å². The maximum absolute atomic E-state index is 8.79. The minimum atomic E-state index is -0.303. The first-order valence-electron chi connectivity index (χ1n) is 7.09. The van der Waals surface area contributed by atoms with Crippen LogP contribution in [0.15, 0.2) is 47.9 Å². The lowest BCUT2D eigenvalue weighted by Crippen LogP contribution is -2.32. The largest absolute Gasteiger partial charge is 0.409 e. The molecule has 0 amide bonds. The summed E-state index contributed by atoms with van der Waals surface area (Å²) in [5.74, 6) is 1.24. The van der Waals surface area contributed by atoms with E-state index in [-0.39, 0.29) is 11.3 Å². The van der Waals surface area contributed by atoms with Crippen LogP contribution in [-0.2, 0) is 6.54 Å². The van der Waals surface area contributed by atoms with Crippen LogP contribution in [0, 0.1) is 5.41 Å². The van der Waals surface area contributed by atoms with Crippen LogP contribution in [0.3, 0.4) is 0 Å². The number of rotatable bonds is 6. The predicted molar refractivity (Wildman–Crippen MR) is 84.1 cm³/mol. The fraction of sp³-hybridized carbons (Fsp3) is 0.375. The average molecular weight is 286 g/mol. The lowest BCUT2D eigenvalue weighted by Gasteiger charge is -2.22. The van der Waals surface area contributed by atoms with Crippen LogP contribution in [0.4, 0.5) is 0 Å². The van der Waals surface area contributed by atoms with Gasteiger partial charge in [0.05, 0.1) is 0 Å². The van der Waals surface area contributed by atoms with Gasteiger partial charge in [-0.3, -0.25) is 0 Å². The number of aromatic nitrogens is 2. The summed E-state index contributed by atoms with van der Waals surface area (Å²) in [4.78, 5) is 4.43. The van der Waals surface area contributed by atoms with E-state index in [1.807, 2.05) is 44.4 Å². The van der Waals surface area contributed by atoms with E-state index < -0.39 is 0 Å². The number of aryl methyl sites for hydroxylation is 1. The number of hydrogen-bond acceptors (Lipinski definition) is 3. The fourth-order valence-corrected chi connectivity index (χ4v) is 2.29. The maximum Gasteiger partial charge on any atom is 0.144 e. The van der Waals surface area contributed by atoms with Crippen LogP contribution in [0.5, 0.6) is 0 Å². The maximum atomic E-state index is 8.79. The molecule has 0 saturated heterocycles. The van der Waals surface area contributed by atoms with Gasteiger partial charge in [-0.15, -0.1) is 0 Å². The molecule has 5 heteroatoms. The SMILES string of the molecule is CC(C)(CCCn1ccnc1-c1ccccc1)C(N)=NO. The third kappa shape index (κ3) is 3.62. The zero-order valence-electron chi connectivity index (χ0n) is 12.5. The van der Waals surface area contributed by atoms with Gasteiger partial charge < -0.3 is 15.5 Å². The van der Waals surface area contributed by atoms with Gasteiger partial charge in [-0.1, -0.05) is 49.3 Å². The van der Waals surface area contributed by atoms with Crippen LogP contribution < -0.4 is 5.73 Å². The standard InChI is InChI=1S/C16H22N4O/c1-16(2,15(17)19-21)9-6-11-20-12-10-18-14(20)13-7-4-3-5-8-13/h3-5,7-8,10,12,21H,6,9,11H2,1-2H3,(H2,17,19). The lowest BCUT2D eigenvalue weighted by molar-refractivity contribution is 0.304. The number of amidine groups is 1. The van der Waals surface area contributed by atoms with Gasteiger partial charge in [0.1, 0.15) is 11.7 Å². The molecule has 21 heavy (non-hydrogen) atoms. The van der Waals surface area contributed by atoms with Crippen molar-refractivity contribution in [1.29, 1.82) is 0 Å².